The zero-order chi connectivity index (χ0) is 14.8. The van der Waals surface area contributed by atoms with Gasteiger partial charge in [0.05, 0.1) is 11.0 Å². The number of rotatable bonds is 3. The van der Waals surface area contributed by atoms with Crippen LogP contribution >= 0.6 is 0 Å². The van der Waals surface area contributed by atoms with Gasteiger partial charge in [-0.05, 0) is 18.4 Å². The highest BCUT2D eigenvalue weighted by atomic mass is 16.6. The molecule has 0 aliphatic rings. The summed E-state index contributed by atoms with van der Waals surface area (Å²) < 4.78 is 0. The molecule has 3 N–H and O–H groups in total. The Kier molecular flexibility index (Phi) is 4.26. The van der Waals surface area contributed by atoms with Crippen LogP contribution in [0.3, 0.4) is 0 Å². The Labute approximate surface area is 112 Å². The molecule has 6 nitrogen and oxygen atoms in total. The average molecular weight is 265 g/mol. The average Bonchev–Trinajstić information content (AvgIpc) is 2.29. The van der Waals surface area contributed by atoms with Gasteiger partial charge in [-0.1, -0.05) is 26.8 Å². The molecule has 1 amide bonds. The molecule has 0 aliphatic carbocycles. The van der Waals surface area contributed by atoms with Gasteiger partial charge < -0.3 is 11.1 Å². The smallest absolute Gasteiger partial charge is 0.274 e. The SMILES string of the molecule is Cc1ccc(NC(=O)[C@H](N)C(C)(C)C)cc1[N+](=O)[O-]. The number of carbonyl (C=O) groups is 1. The minimum atomic E-state index is -0.687. The van der Waals surface area contributed by atoms with Gasteiger partial charge in [-0.15, -0.1) is 0 Å². The van der Waals surface area contributed by atoms with Gasteiger partial charge >= 0.3 is 0 Å². The zero-order valence-corrected chi connectivity index (χ0v) is 11.6. The molecule has 0 aliphatic heterocycles. The van der Waals surface area contributed by atoms with Gasteiger partial charge in [0, 0.05) is 17.3 Å². The zero-order valence-electron chi connectivity index (χ0n) is 11.6. The Morgan fingerprint density at radius 3 is 2.47 bits per heavy atom. The van der Waals surface area contributed by atoms with Crippen LogP contribution in [0.5, 0.6) is 0 Å². The quantitative estimate of drug-likeness (QED) is 0.646. The van der Waals surface area contributed by atoms with E-state index in [1.54, 1.807) is 19.1 Å². The fourth-order valence-corrected chi connectivity index (χ4v) is 1.50. The summed E-state index contributed by atoms with van der Waals surface area (Å²) in [5.74, 6) is -0.356. The van der Waals surface area contributed by atoms with E-state index in [-0.39, 0.29) is 17.0 Å². The van der Waals surface area contributed by atoms with Crippen LogP contribution in [0.15, 0.2) is 18.2 Å². The minimum Gasteiger partial charge on any atom is -0.324 e. The molecular formula is C13H19N3O3. The monoisotopic (exact) mass is 265 g/mol. The van der Waals surface area contributed by atoms with Crippen LogP contribution in [-0.4, -0.2) is 16.9 Å². The van der Waals surface area contributed by atoms with Gasteiger partial charge in [-0.2, -0.15) is 0 Å². The highest BCUT2D eigenvalue weighted by Crippen LogP contribution is 2.23. The number of nitrogens with two attached hydrogens (primary N) is 1. The second-order valence-electron chi connectivity index (χ2n) is 5.59. The number of nitrogens with zero attached hydrogens (tertiary/aromatic N) is 1. The summed E-state index contributed by atoms with van der Waals surface area (Å²) in [7, 11) is 0. The molecule has 0 spiro atoms. The second kappa shape index (κ2) is 5.36. The van der Waals surface area contributed by atoms with Crippen LogP contribution in [0.1, 0.15) is 26.3 Å². The first kappa shape index (κ1) is 15.1. The predicted molar refractivity (Wildman–Crippen MR) is 73.9 cm³/mol. The third-order valence-corrected chi connectivity index (χ3v) is 2.89. The van der Waals surface area contributed by atoms with Crippen LogP contribution in [0, 0.1) is 22.5 Å². The highest BCUT2D eigenvalue weighted by molar-refractivity contribution is 5.95. The molecule has 19 heavy (non-hydrogen) atoms. The van der Waals surface area contributed by atoms with E-state index < -0.39 is 11.0 Å². The van der Waals surface area contributed by atoms with Crippen molar-refractivity contribution in [2.75, 3.05) is 5.32 Å². The summed E-state index contributed by atoms with van der Waals surface area (Å²) >= 11 is 0. The molecule has 0 radical (unpaired) electrons. The van der Waals surface area contributed by atoms with Gasteiger partial charge in [0.15, 0.2) is 0 Å². The van der Waals surface area contributed by atoms with E-state index in [1.807, 2.05) is 20.8 Å². The maximum atomic E-state index is 11.9. The van der Waals surface area contributed by atoms with Crippen LogP contribution in [0.2, 0.25) is 0 Å². The molecule has 0 saturated heterocycles. The van der Waals surface area contributed by atoms with Crippen LogP contribution in [0.25, 0.3) is 0 Å². The van der Waals surface area contributed by atoms with Crippen molar-refractivity contribution in [2.24, 2.45) is 11.1 Å². The number of benzene rings is 1. The van der Waals surface area contributed by atoms with Crippen molar-refractivity contribution in [3.63, 3.8) is 0 Å². The lowest BCUT2D eigenvalue weighted by Gasteiger charge is -2.25. The predicted octanol–water partition coefficient (Wildman–Crippen LogP) is 2.22. The molecule has 0 unspecified atom stereocenters. The standard InChI is InChI=1S/C13H19N3O3/c1-8-5-6-9(7-10(8)16(18)19)15-12(17)11(14)13(2,3)4/h5-7,11H,14H2,1-4H3,(H,15,17)/t11-/m0/s1. The number of nitro groups is 1. The lowest BCUT2D eigenvalue weighted by Crippen LogP contribution is -2.45. The van der Waals surface area contributed by atoms with Gasteiger partial charge in [0.2, 0.25) is 5.91 Å². The summed E-state index contributed by atoms with van der Waals surface area (Å²) in [5.41, 5.74) is 6.35. The fraction of sp³-hybridized carbons (Fsp3) is 0.462. The molecule has 104 valence electrons. The molecule has 1 aromatic rings. The van der Waals surface area contributed by atoms with Gasteiger partial charge in [-0.3, -0.25) is 14.9 Å². The second-order valence-corrected chi connectivity index (χ2v) is 5.59. The van der Waals surface area contributed by atoms with Crippen LogP contribution < -0.4 is 11.1 Å². The van der Waals surface area contributed by atoms with Gasteiger partial charge in [-0.25, -0.2) is 0 Å². The largest absolute Gasteiger partial charge is 0.324 e. The molecular weight excluding hydrogens is 246 g/mol. The molecule has 1 aromatic carbocycles. The van der Waals surface area contributed by atoms with Crippen molar-refractivity contribution in [1.82, 2.24) is 0 Å². The maximum absolute atomic E-state index is 11.9. The number of hydrogen-bond donors (Lipinski definition) is 2. The third-order valence-electron chi connectivity index (χ3n) is 2.89. The molecule has 0 aromatic heterocycles. The first-order chi connectivity index (χ1) is 8.62. The van der Waals surface area contributed by atoms with Gasteiger partial charge in [0.25, 0.3) is 5.69 Å². The van der Waals surface area contributed by atoms with Crippen LogP contribution in [-0.2, 0) is 4.79 Å². The fourth-order valence-electron chi connectivity index (χ4n) is 1.50. The number of nitrogens with one attached hydrogen (secondary N) is 1. The molecule has 0 fully saturated rings. The Hall–Kier alpha value is -1.95. The lowest BCUT2D eigenvalue weighted by molar-refractivity contribution is -0.385. The van der Waals surface area contributed by atoms with Crippen molar-refractivity contribution >= 4 is 17.3 Å². The third kappa shape index (κ3) is 3.75. The summed E-state index contributed by atoms with van der Waals surface area (Å²) in [5, 5.41) is 13.4. The summed E-state index contributed by atoms with van der Waals surface area (Å²) in [6.07, 6.45) is 0. The first-order valence-electron chi connectivity index (χ1n) is 5.94. The van der Waals surface area contributed by atoms with Crippen molar-refractivity contribution in [2.45, 2.75) is 33.7 Å². The molecule has 6 heteroatoms. The van der Waals surface area contributed by atoms with E-state index in [9.17, 15) is 14.9 Å². The van der Waals surface area contributed by atoms with E-state index >= 15 is 0 Å². The topological polar surface area (TPSA) is 98.3 Å². The summed E-state index contributed by atoms with van der Waals surface area (Å²) in [6.45, 7) is 7.21. The van der Waals surface area contributed by atoms with Gasteiger partial charge in [0.1, 0.15) is 0 Å². The summed E-state index contributed by atoms with van der Waals surface area (Å²) in [4.78, 5) is 22.3. The number of nitro benzene ring substituents is 1. The number of aryl methyl sites for hydroxylation is 1. The number of hydrogen-bond acceptors (Lipinski definition) is 4. The van der Waals surface area contributed by atoms with E-state index in [4.69, 9.17) is 5.73 Å². The normalized spacial score (nSPS) is 12.9. The molecule has 0 bridgehead atoms. The minimum absolute atomic E-state index is 0.0258. The van der Waals surface area contributed by atoms with E-state index in [2.05, 4.69) is 5.32 Å². The molecule has 1 atom stereocenters. The Morgan fingerprint density at radius 1 is 1.42 bits per heavy atom. The molecule has 0 heterocycles. The molecule has 1 rings (SSSR count). The number of anilines is 1. The highest BCUT2D eigenvalue weighted by Gasteiger charge is 2.27. The van der Waals surface area contributed by atoms with Crippen molar-refractivity contribution < 1.29 is 9.72 Å². The van der Waals surface area contributed by atoms with Crippen molar-refractivity contribution in [3.8, 4) is 0 Å². The molecule has 0 saturated carbocycles. The van der Waals surface area contributed by atoms with Crippen molar-refractivity contribution in [1.29, 1.82) is 0 Å². The van der Waals surface area contributed by atoms with Crippen LogP contribution in [0.4, 0.5) is 11.4 Å². The van der Waals surface area contributed by atoms with Crippen molar-refractivity contribution in [3.05, 3.63) is 33.9 Å². The number of amides is 1. The Morgan fingerprint density at radius 2 is 2.00 bits per heavy atom. The Bertz CT molecular complexity index is 506. The number of carbonyl (C=O) groups excluding carboxylic acids is 1. The first-order valence-corrected chi connectivity index (χ1v) is 5.94. The van der Waals surface area contributed by atoms with E-state index in [0.717, 1.165) is 0 Å². The Balaban J connectivity index is 2.92. The lowest BCUT2D eigenvalue weighted by atomic mass is 9.87. The van der Waals surface area contributed by atoms with E-state index in [1.165, 1.54) is 6.07 Å². The summed E-state index contributed by atoms with van der Waals surface area (Å²) in [6, 6.07) is 3.86. The maximum Gasteiger partial charge on any atom is 0.274 e. The van der Waals surface area contributed by atoms with E-state index in [0.29, 0.717) is 11.3 Å².